The SMILES string of the molecule is Cc1cc(C)cc(NC(=O)O[C@H]2CN[C@H](C(=O)O)C2)c1. The number of amides is 1. The molecule has 0 aromatic heterocycles. The van der Waals surface area contributed by atoms with Crippen LogP contribution in [0, 0.1) is 13.8 Å². The molecule has 1 aliphatic heterocycles. The number of carbonyl (C=O) groups is 2. The molecule has 2 atom stereocenters. The van der Waals surface area contributed by atoms with Gasteiger partial charge in [0.15, 0.2) is 0 Å². The first kappa shape index (κ1) is 14.3. The van der Waals surface area contributed by atoms with E-state index in [1.54, 1.807) is 0 Å². The summed E-state index contributed by atoms with van der Waals surface area (Å²) in [5, 5.41) is 14.3. The Bertz CT molecular complexity index is 510. The smallest absolute Gasteiger partial charge is 0.411 e. The summed E-state index contributed by atoms with van der Waals surface area (Å²) < 4.78 is 5.20. The van der Waals surface area contributed by atoms with Crippen molar-refractivity contribution in [2.75, 3.05) is 11.9 Å². The number of carboxylic acids is 1. The van der Waals surface area contributed by atoms with Crippen LogP contribution in [0.4, 0.5) is 10.5 Å². The fraction of sp³-hybridized carbons (Fsp3) is 0.429. The molecule has 0 radical (unpaired) electrons. The van der Waals surface area contributed by atoms with E-state index in [9.17, 15) is 9.59 Å². The Morgan fingerprint density at radius 1 is 1.30 bits per heavy atom. The third-order valence-corrected chi connectivity index (χ3v) is 3.13. The van der Waals surface area contributed by atoms with Crippen LogP contribution in [0.1, 0.15) is 17.5 Å². The number of aryl methyl sites for hydroxylation is 2. The zero-order chi connectivity index (χ0) is 14.7. The summed E-state index contributed by atoms with van der Waals surface area (Å²) in [6.45, 7) is 4.25. The van der Waals surface area contributed by atoms with Gasteiger partial charge in [-0.2, -0.15) is 0 Å². The Hall–Kier alpha value is -2.08. The highest BCUT2D eigenvalue weighted by Gasteiger charge is 2.31. The predicted octanol–water partition coefficient (Wildman–Crippen LogP) is 1.67. The van der Waals surface area contributed by atoms with Crippen LogP contribution in [0.5, 0.6) is 0 Å². The highest BCUT2D eigenvalue weighted by molar-refractivity contribution is 5.85. The lowest BCUT2D eigenvalue weighted by molar-refractivity contribution is -0.139. The van der Waals surface area contributed by atoms with Gasteiger partial charge in [0.1, 0.15) is 12.1 Å². The van der Waals surface area contributed by atoms with Gasteiger partial charge in [-0.1, -0.05) is 6.07 Å². The maximum atomic E-state index is 11.8. The molecule has 1 aromatic rings. The van der Waals surface area contributed by atoms with Gasteiger partial charge in [-0.15, -0.1) is 0 Å². The van der Waals surface area contributed by atoms with Crippen molar-refractivity contribution < 1.29 is 19.4 Å². The number of rotatable bonds is 3. The fourth-order valence-corrected chi connectivity index (χ4v) is 2.33. The molecule has 6 nitrogen and oxygen atoms in total. The zero-order valence-corrected chi connectivity index (χ0v) is 11.5. The summed E-state index contributed by atoms with van der Waals surface area (Å²) >= 11 is 0. The average Bonchev–Trinajstić information content (AvgIpc) is 2.75. The normalized spacial score (nSPS) is 21.5. The molecule has 0 saturated carbocycles. The summed E-state index contributed by atoms with van der Waals surface area (Å²) in [6.07, 6.45) is -0.690. The minimum atomic E-state index is -0.925. The van der Waals surface area contributed by atoms with Gasteiger partial charge in [0, 0.05) is 18.7 Å². The van der Waals surface area contributed by atoms with Crippen molar-refractivity contribution >= 4 is 17.7 Å². The Morgan fingerprint density at radius 2 is 1.95 bits per heavy atom. The van der Waals surface area contributed by atoms with E-state index in [0.717, 1.165) is 11.1 Å². The van der Waals surface area contributed by atoms with Gasteiger partial charge in [0.05, 0.1) is 0 Å². The minimum Gasteiger partial charge on any atom is -0.480 e. The van der Waals surface area contributed by atoms with Crippen LogP contribution in [0.25, 0.3) is 0 Å². The largest absolute Gasteiger partial charge is 0.480 e. The van der Waals surface area contributed by atoms with Crippen LogP contribution in [0.2, 0.25) is 0 Å². The van der Waals surface area contributed by atoms with E-state index in [4.69, 9.17) is 9.84 Å². The quantitative estimate of drug-likeness (QED) is 0.782. The van der Waals surface area contributed by atoms with Crippen molar-refractivity contribution in [2.45, 2.75) is 32.4 Å². The van der Waals surface area contributed by atoms with Gasteiger partial charge in [-0.05, 0) is 37.1 Å². The molecule has 0 unspecified atom stereocenters. The Morgan fingerprint density at radius 3 is 2.50 bits per heavy atom. The first-order valence-corrected chi connectivity index (χ1v) is 6.46. The van der Waals surface area contributed by atoms with Crippen LogP contribution in [-0.2, 0) is 9.53 Å². The minimum absolute atomic E-state index is 0.287. The maximum Gasteiger partial charge on any atom is 0.411 e. The lowest BCUT2D eigenvalue weighted by atomic mass is 10.1. The molecule has 6 heteroatoms. The molecule has 20 heavy (non-hydrogen) atoms. The van der Waals surface area contributed by atoms with Crippen molar-refractivity contribution in [2.24, 2.45) is 0 Å². The van der Waals surface area contributed by atoms with Gasteiger partial charge >= 0.3 is 12.1 Å². The Kier molecular flexibility index (Phi) is 4.24. The highest BCUT2D eigenvalue weighted by atomic mass is 16.6. The Labute approximate surface area is 117 Å². The summed E-state index contributed by atoms with van der Waals surface area (Å²) in [5.41, 5.74) is 2.77. The number of carboxylic acid groups (broad SMARTS) is 1. The van der Waals surface area contributed by atoms with Gasteiger partial charge in [0.25, 0.3) is 0 Å². The van der Waals surface area contributed by atoms with Crippen LogP contribution in [0.3, 0.4) is 0 Å². The van der Waals surface area contributed by atoms with E-state index in [-0.39, 0.29) is 6.42 Å². The first-order chi connectivity index (χ1) is 9.44. The number of ether oxygens (including phenoxy) is 1. The van der Waals surface area contributed by atoms with Crippen LogP contribution in [-0.4, -0.2) is 35.9 Å². The standard InChI is InChI=1S/C14H18N2O4/c1-8-3-9(2)5-10(4-8)16-14(19)20-11-6-12(13(17)18)15-7-11/h3-5,11-12,15H,6-7H2,1-2H3,(H,16,19)(H,17,18)/t11-,12+/m1/s1. The lowest BCUT2D eigenvalue weighted by Crippen LogP contribution is -2.30. The molecule has 0 bridgehead atoms. The number of hydrogen-bond acceptors (Lipinski definition) is 4. The van der Waals surface area contributed by atoms with Crippen LogP contribution >= 0.6 is 0 Å². The zero-order valence-electron chi connectivity index (χ0n) is 11.5. The van der Waals surface area contributed by atoms with E-state index in [1.165, 1.54) is 0 Å². The number of anilines is 1. The van der Waals surface area contributed by atoms with E-state index in [0.29, 0.717) is 12.2 Å². The third-order valence-electron chi connectivity index (χ3n) is 3.13. The molecule has 1 aliphatic rings. The molecular formula is C14H18N2O4. The van der Waals surface area contributed by atoms with Gasteiger partial charge in [-0.3, -0.25) is 10.1 Å². The van der Waals surface area contributed by atoms with E-state index < -0.39 is 24.2 Å². The van der Waals surface area contributed by atoms with Crippen LogP contribution < -0.4 is 10.6 Å². The average molecular weight is 278 g/mol. The Balaban J connectivity index is 1.88. The van der Waals surface area contributed by atoms with Crippen molar-refractivity contribution in [3.05, 3.63) is 29.3 Å². The molecule has 0 spiro atoms. The van der Waals surface area contributed by atoms with Gasteiger partial charge < -0.3 is 15.2 Å². The number of aliphatic carboxylic acids is 1. The van der Waals surface area contributed by atoms with Crippen molar-refractivity contribution in [1.29, 1.82) is 0 Å². The number of benzene rings is 1. The van der Waals surface area contributed by atoms with Gasteiger partial charge in [-0.25, -0.2) is 4.79 Å². The predicted molar refractivity (Wildman–Crippen MR) is 73.9 cm³/mol. The second-order valence-corrected chi connectivity index (χ2v) is 5.06. The summed E-state index contributed by atoms with van der Waals surface area (Å²) in [4.78, 5) is 22.5. The summed E-state index contributed by atoms with van der Waals surface area (Å²) in [5.74, 6) is -0.925. The number of carbonyl (C=O) groups excluding carboxylic acids is 1. The van der Waals surface area contributed by atoms with Crippen LogP contribution in [0.15, 0.2) is 18.2 Å². The molecule has 2 rings (SSSR count). The topological polar surface area (TPSA) is 87.7 Å². The molecule has 108 valence electrons. The van der Waals surface area contributed by atoms with Crippen molar-refractivity contribution in [1.82, 2.24) is 5.32 Å². The second-order valence-electron chi connectivity index (χ2n) is 5.06. The molecule has 1 aromatic carbocycles. The molecule has 1 saturated heterocycles. The molecule has 3 N–H and O–H groups in total. The molecule has 1 fully saturated rings. The van der Waals surface area contributed by atoms with Crippen molar-refractivity contribution in [3.63, 3.8) is 0 Å². The summed E-state index contributed by atoms with van der Waals surface area (Å²) in [6, 6.07) is 5.06. The first-order valence-electron chi connectivity index (χ1n) is 6.46. The summed E-state index contributed by atoms with van der Waals surface area (Å²) in [7, 11) is 0. The maximum absolute atomic E-state index is 11.8. The molecule has 1 amide bonds. The molecule has 1 heterocycles. The van der Waals surface area contributed by atoms with E-state index in [1.807, 2.05) is 32.0 Å². The number of hydrogen-bond donors (Lipinski definition) is 3. The monoisotopic (exact) mass is 278 g/mol. The fourth-order valence-electron chi connectivity index (χ4n) is 2.33. The molecular weight excluding hydrogens is 260 g/mol. The van der Waals surface area contributed by atoms with Crippen molar-refractivity contribution in [3.8, 4) is 0 Å². The highest BCUT2D eigenvalue weighted by Crippen LogP contribution is 2.16. The molecule has 0 aliphatic carbocycles. The number of nitrogens with one attached hydrogen (secondary N) is 2. The van der Waals surface area contributed by atoms with E-state index in [2.05, 4.69) is 10.6 Å². The second kappa shape index (κ2) is 5.92. The van der Waals surface area contributed by atoms with E-state index >= 15 is 0 Å². The van der Waals surface area contributed by atoms with Gasteiger partial charge in [0.2, 0.25) is 0 Å². The third kappa shape index (κ3) is 3.71. The lowest BCUT2D eigenvalue weighted by Gasteiger charge is -2.12.